The maximum atomic E-state index is 6.24. The molecule has 2 nitrogen and oxygen atoms in total. The summed E-state index contributed by atoms with van der Waals surface area (Å²) in [6.07, 6.45) is 0. The van der Waals surface area contributed by atoms with Crippen molar-refractivity contribution in [1.82, 2.24) is 0 Å². The molecule has 0 aliphatic heterocycles. The fraction of sp³-hybridized carbons (Fsp3) is 0.400. The zero-order chi connectivity index (χ0) is 16.3. The molecule has 0 aliphatic carbocycles. The van der Waals surface area contributed by atoms with Gasteiger partial charge in [0.25, 0.3) is 0 Å². The molecule has 0 heterocycles. The molecule has 118 valence electrons. The first-order valence-electron chi connectivity index (χ1n) is 7.83. The van der Waals surface area contributed by atoms with Crippen molar-refractivity contribution in [1.29, 1.82) is 0 Å². The minimum absolute atomic E-state index is 0.110. The number of hydrogen-bond donors (Lipinski definition) is 1. The Bertz CT molecular complexity index is 623. The molecular formula is C20H27NO. The number of benzene rings is 2. The Morgan fingerprint density at radius 3 is 2.14 bits per heavy atom. The maximum absolute atomic E-state index is 6.24. The molecule has 1 atom stereocenters. The van der Waals surface area contributed by atoms with Crippen molar-refractivity contribution in [2.24, 2.45) is 5.73 Å². The summed E-state index contributed by atoms with van der Waals surface area (Å²) in [4.78, 5) is 0. The molecule has 0 saturated carbocycles. The van der Waals surface area contributed by atoms with Crippen molar-refractivity contribution in [2.75, 3.05) is 6.61 Å². The van der Waals surface area contributed by atoms with Gasteiger partial charge in [-0.15, -0.1) is 0 Å². The Balaban J connectivity index is 1.98. The molecule has 2 rings (SSSR count). The molecule has 0 amide bonds. The first-order valence-corrected chi connectivity index (χ1v) is 7.83. The average Bonchev–Trinajstić information content (AvgIpc) is 2.47. The Morgan fingerprint density at radius 1 is 0.955 bits per heavy atom. The van der Waals surface area contributed by atoms with Crippen LogP contribution in [0.25, 0.3) is 0 Å². The summed E-state index contributed by atoms with van der Waals surface area (Å²) in [6, 6.07) is 14.5. The normalized spacial score (nSPS) is 13.0. The molecule has 22 heavy (non-hydrogen) atoms. The van der Waals surface area contributed by atoms with Crippen molar-refractivity contribution in [3.63, 3.8) is 0 Å². The van der Waals surface area contributed by atoms with Gasteiger partial charge in [0, 0.05) is 0 Å². The third kappa shape index (κ3) is 4.11. The molecule has 0 saturated heterocycles. The molecular weight excluding hydrogens is 270 g/mol. The molecule has 0 fully saturated rings. The summed E-state index contributed by atoms with van der Waals surface area (Å²) >= 11 is 0. The van der Waals surface area contributed by atoms with E-state index in [0.717, 1.165) is 11.3 Å². The smallest absolute Gasteiger partial charge is 0.119 e. The number of rotatable bonds is 4. The van der Waals surface area contributed by atoms with Gasteiger partial charge in [-0.2, -0.15) is 0 Å². The lowest BCUT2D eigenvalue weighted by Gasteiger charge is -2.19. The Morgan fingerprint density at radius 2 is 1.59 bits per heavy atom. The van der Waals surface area contributed by atoms with Crippen LogP contribution in [0.1, 0.15) is 49.1 Å². The maximum Gasteiger partial charge on any atom is 0.119 e. The van der Waals surface area contributed by atoms with Crippen molar-refractivity contribution < 1.29 is 4.74 Å². The first kappa shape index (κ1) is 16.6. The summed E-state index contributed by atoms with van der Waals surface area (Å²) < 4.78 is 5.83. The van der Waals surface area contributed by atoms with E-state index in [2.05, 4.69) is 65.0 Å². The summed E-state index contributed by atoms with van der Waals surface area (Å²) in [5.41, 5.74) is 11.4. The predicted octanol–water partition coefficient (Wildman–Crippen LogP) is 4.68. The molecule has 2 aromatic rings. The molecule has 0 bridgehead atoms. The molecule has 2 aromatic carbocycles. The molecule has 2 heteroatoms. The zero-order valence-electron chi connectivity index (χ0n) is 14.3. The van der Waals surface area contributed by atoms with E-state index in [-0.39, 0.29) is 11.5 Å². The fourth-order valence-corrected chi connectivity index (χ4v) is 2.33. The van der Waals surface area contributed by atoms with Crippen LogP contribution in [0, 0.1) is 13.8 Å². The minimum Gasteiger partial charge on any atom is -0.492 e. The second-order valence-corrected chi connectivity index (χ2v) is 7.04. The summed E-state index contributed by atoms with van der Waals surface area (Å²) in [7, 11) is 0. The van der Waals surface area contributed by atoms with Gasteiger partial charge in [-0.05, 0) is 53.6 Å². The third-order valence-electron chi connectivity index (χ3n) is 4.11. The highest BCUT2D eigenvalue weighted by Gasteiger charge is 2.13. The molecule has 1 unspecified atom stereocenters. The van der Waals surface area contributed by atoms with E-state index in [1.54, 1.807) is 0 Å². The van der Waals surface area contributed by atoms with E-state index >= 15 is 0 Å². The highest BCUT2D eigenvalue weighted by molar-refractivity contribution is 5.33. The van der Waals surface area contributed by atoms with Crippen molar-refractivity contribution in [3.05, 3.63) is 64.7 Å². The molecule has 0 radical (unpaired) electrons. The summed E-state index contributed by atoms with van der Waals surface area (Å²) in [6.45, 7) is 11.3. The lowest BCUT2D eigenvalue weighted by atomic mass is 9.87. The van der Waals surface area contributed by atoms with Crippen LogP contribution in [0.2, 0.25) is 0 Å². The Kier molecular flexibility index (Phi) is 4.92. The lowest BCUT2D eigenvalue weighted by Crippen LogP contribution is -2.19. The number of ether oxygens (including phenoxy) is 1. The highest BCUT2D eigenvalue weighted by Crippen LogP contribution is 2.25. The van der Waals surface area contributed by atoms with Crippen molar-refractivity contribution >= 4 is 0 Å². The number of aryl methyl sites for hydroxylation is 2. The van der Waals surface area contributed by atoms with Gasteiger partial charge in [-0.1, -0.05) is 51.1 Å². The van der Waals surface area contributed by atoms with E-state index in [9.17, 15) is 0 Å². The monoisotopic (exact) mass is 297 g/mol. The largest absolute Gasteiger partial charge is 0.492 e. The fourth-order valence-electron chi connectivity index (χ4n) is 2.33. The topological polar surface area (TPSA) is 35.2 Å². The van der Waals surface area contributed by atoms with Crippen LogP contribution in [0.15, 0.2) is 42.5 Å². The van der Waals surface area contributed by atoms with Crippen LogP contribution < -0.4 is 10.5 Å². The summed E-state index contributed by atoms with van der Waals surface area (Å²) in [5, 5.41) is 0. The van der Waals surface area contributed by atoms with E-state index in [1.165, 1.54) is 16.7 Å². The number of nitrogens with two attached hydrogens (primary N) is 1. The van der Waals surface area contributed by atoms with Gasteiger partial charge in [-0.25, -0.2) is 0 Å². The average molecular weight is 297 g/mol. The predicted molar refractivity (Wildman–Crippen MR) is 93.5 cm³/mol. The van der Waals surface area contributed by atoms with Crippen LogP contribution >= 0.6 is 0 Å². The van der Waals surface area contributed by atoms with E-state index < -0.39 is 0 Å². The van der Waals surface area contributed by atoms with Crippen LogP contribution in [0.3, 0.4) is 0 Å². The van der Waals surface area contributed by atoms with Gasteiger partial charge >= 0.3 is 0 Å². The molecule has 0 aromatic heterocycles. The molecule has 2 N–H and O–H groups in total. The zero-order valence-corrected chi connectivity index (χ0v) is 14.3. The van der Waals surface area contributed by atoms with Crippen molar-refractivity contribution in [3.8, 4) is 5.75 Å². The van der Waals surface area contributed by atoms with Gasteiger partial charge < -0.3 is 10.5 Å². The summed E-state index contributed by atoms with van der Waals surface area (Å²) in [5.74, 6) is 0.868. The minimum atomic E-state index is -0.110. The van der Waals surface area contributed by atoms with Crippen LogP contribution in [-0.2, 0) is 5.41 Å². The Labute approximate surface area is 134 Å². The highest BCUT2D eigenvalue weighted by atomic mass is 16.5. The second-order valence-electron chi connectivity index (χ2n) is 7.04. The van der Waals surface area contributed by atoms with Crippen molar-refractivity contribution in [2.45, 2.75) is 46.1 Å². The van der Waals surface area contributed by atoms with E-state index in [0.29, 0.717) is 6.61 Å². The van der Waals surface area contributed by atoms with Gasteiger partial charge in [0.2, 0.25) is 0 Å². The van der Waals surface area contributed by atoms with Gasteiger partial charge in [0.1, 0.15) is 12.4 Å². The van der Waals surface area contributed by atoms with Crippen LogP contribution in [-0.4, -0.2) is 6.61 Å². The standard InChI is InChI=1S/C20H27NO/c1-14-6-7-16(12-15(14)2)19(21)13-22-18-10-8-17(9-11-18)20(3,4)5/h6-12,19H,13,21H2,1-5H3. The molecule has 0 aliphatic rings. The molecule has 0 spiro atoms. The van der Waals surface area contributed by atoms with Crippen LogP contribution in [0.4, 0.5) is 0 Å². The third-order valence-corrected chi connectivity index (χ3v) is 4.11. The SMILES string of the molecule is Cc1ccc(C(N)COc2ccc(C(C)(C)C)cc2)cc1C. The van der Waals surface area contributed by atoms with Gasteiger partial charge in [0.15, 0.2) is 0 Å². The quantitative estimate of drug-likeness (QED) is 0.889. The lowest BCUT2D eigenvalue weighted by molar-refractivity contribution is 0.290. The van der Waals surface area contributed by atoms with E-state index in [1.807, 2.05) is 12.1 Å². The van der Waals surface area contributed by atoms with Gasteiger partial charge in [0.05, 0.1) is 6.04 Å². The number of hydrogen-bond acceptors (Lipinski definition) is 2. The Hall–Kier alpha value is -1.80. The van der Waals surface area contributed by atoms with Gasteiger partial charge in [-0.3, -0.25) is 0 Å². The van der Waals surface area contributed by atoms with E-state index in [4.69, 9.17) is 10.5 Å². The van der Waals surface area contributed by atoms with Crippen LogP contribution in [0.5, 0.6) is 5.75 Å². The second kappa shape index (κ2) is 6.53. The first-order chi connectivity index (χ1) is 10.3.